The summed E-state index contributed by atoms with van der Waals surface area (Å²) in [7, 11) is 0. The predicted molar refractivity (Wildman–Crippen MR) is 78.7 cm³/mol. The summed E-state index contributed by atoms with van der Waals surface area (Å²) >= 11 is 10.9. The smallest absolute Gasteiger partial charge is 0.291 e. The van der Waals surface area contributed by atoms with Crippen molar-refractivity contribution in [2.75, 3.05) is 5.32 Å². The van der Waals surface area contributed by atoms with Crippen molar-refractivity contribution >= 4 is 40.4 Å². The third kappa shape index (κ3) is 2.94. The van der Waals surface area contributed by atoms with Gasteiger partial charge in [-0.05, 0) is 25.1 Å². The number of hydrogen-bond donors (Lipinski definition) is 2. The molecule has 0 radical (unpaired) electrons. The number of carbonyl (C=O) groups is 1. The standard InChI is InChI=1S/C13H11ClN2O2S/c1-7-4-5-18-11(7)13(17)16-10-6-8(12(15)19)2-3-9(10)14/h2-6H,1H3,(H2,15,19)(H,16,17). The second-order valence-electron chi connectivity index (χ2n) is 3.95. The molecule has 0 unspecified atom stereocenters. The van der Waals surface area contributed by atoms with E-state index in [0.717, 1.165) is 5.56 Å². The van der Waals surface area contributed by atoms with Crippen molar-refractivity contribution in [3.05, 3.63) is 52.4 Å². The zero-order valence-corrected chi connectivity index (χ0v) is 11.6. The van der Waals surface area contributed by atoms with Crippen molar-refractivity contribution in [3.8, 4) is 0 Å². The Morgan fingerprint density at radius 1 is 1.42 bits per heavy atom. The van der Waals surface area contributed by atoms with E-state index in [1.807, 2.05) is 0 Å². The SMILES string of the molecule is Cc1ccoc1C(=O)Nc1cc(C(N)=S)ccc1Cl. The fraction of sp³-hybridized carbons (Fsp3) is 0.0769. The van der Waals surface area contributed by atoms with E-state index in [2.05, 4.69) is 5.32 Å². The molecule has 98 valence electrons. The van der Waals surface area contributed by atoms with Crippen LogP contribution in [-0.2, 0) is 0 Å². The molecule has 2 aromatic rings. The van der Waals surface area contributed by atoms with Crippen molar-refractivity contribution in [3.63, 3.8) is 0 Å². The van der Waals surface area contributed by atoms with Crippen molar-refractivity contribution in [2.45, 2.75) is 6.92 Å². The van der Waals surface area contributed by atoms with Gasteiger partial charge in [0.2, 0.25) is 0 Å². The summed E-state index contributed by atoms with van der Waals surface area (Å²) in [5.74, 6) is -0.124. The molecule has 3 N–H and O–H groups in total. The molecule has 0 atom stereocenters. The van der Waals surface area contributed by atoms with Gasteiger partial charge in [0.15, 0.2) is 5.76 Å². The van der Waals surface area contributed by atoms with Crippen LogP contribution >= 0.6 is 23.8 Å². The first-order valence-electron chi connectivity index (χ1n) is 5.44. The molecule has 2 rings (SSSR count). The predicted octanol–water partition coefficient (Wildman–Crippen LogP) is 3.13. The second-order valence-corrected chi connectivity index (χ2v) is 4.79. The van der Waals surface area contributed by atoms with Gasteiger partial charge in [-0.15, -0.1) is 0 Å². The summed E-state index contributed by atoms with van der Waals surface area (Å²) in [6.07, 6.45) is 1.46. The van der Waals surface area contributed by atoms with Gasteiger partial charge in [-0.2, -0.15) is 0 Å². The van der Waals surface area contributed by atoms with Gasteiger partial charge in [-0.1, -0.05) is 29.9 Å². The molecule has 0 saturated carbocycles. The van der Waals surface area contributed by atoms with Gasteiger partial charge in [0.25, 0.3) is 5.91 Å². The van der Waals surface area contributed by atoms with Crippen LogP contribution in [0.1, 0.15) is 21.7 Å². The highest BCUT2D eigenvalue weighted by atomic mass is 35.5. The van der Waals surface area contributed by atoms with Crippen LogP contribution < -0.4 is 11.1 Å². The van der Waals surface area contributed by atoms with Gasteiger partial charge < -0.3 is 15.5 Å². The van der Waals surface area contributed by atoms with Crippen LogP contribution in [-0.4, -0.2) is 10.9 Å². The zero-order chi connectivity index (χ0) is 14.0. The molecule has 0 bridgehead atoms. The monoisotopic (exact) mass is 294 g/mol. The topological polar surface area (TPSA) is 68.3 Å². The van der Waals surface area contributed by atoms with Crippen LogP contribution in [0.15, 0.2) is 34.9 Å². The number of amides is 1. The molecule has 1 amide bonds. The lowest BCUT2D eigenvalue weighted by atomic mass is 10.2. The first-order chi connectivity index (χ1) is 8.99. The minimum absolute atomic E-state index is 0.237. The van der Waals surface area contributed by atoms with Gasteiger partial charge >= 0.3 is 0 Å². The molecule has 6 heteroatoms. The number of nitrogens with two attached hydrogens (primary N) is 1. The Balaban J connectivity index is 2.28. The number of carbonyl (C=O) groups excluding carboxylic acids is 1. The Bertz CT molecular complexity index is 652. The molecule has 4 nitrogen and oxygen atoms in total. The normalized spacial score (nSPS) is 10.2. The lowest BCUT2D eigenvalue weighted by molar-refractivity contribution is 0.0996. The van der Waals surface area contributed by atoms with Crippen LogP contribution in [0.5, 0.6) is 0 Å². The van der Waals surface area contributed by atoms with Crippen molar-refractivity contribution in [2.24, 2.45) is 5.73 Å². The number of halogens is 1. The van der Waals surface area contributed by atoms with E-state index in [1.54, 1.807) is 31.2 Å². The number of furan rings is 1. The maximum atomic E-state index is 12.0. The van der Waals surface area contributed by atoms with Crippen LogP contribution in [0.3, 0.4) is 0 Å². The highest BCUT2D eigenvalue weighted by molar-refractivity contribution is 7.80. The molecule has 0 aliphatic rings. The zero-order valence-electron chi connectivity index (χ0n) is 10.1. The van der Waals surface area contributed by atoms with E-state index in [1.165, 1.54) is 6.26 Å². The average molecular weight is 295 g/mol. The highest BCUT2D eigenvalue weighted by Gasteiger charge is 2.14. The van der Waals surface area contributed by atoms with Gasteiger partial charge in [-0.3, -0.25) is 4.79 Å². The minimum atomic E-state index is -0.371. The van der Waals surface area contributed by atoms with Gasteiger partial charge in [0, 0.05) is 11.1 Å². The summed E-state index contributed by atoms with van der Waals surface area (Å²) < 4.78 is 5.11. The van der Waals surface area contributed by atoms with Crippen LogP contribution in [0.2, 0.25) is 5.02 Å². The first kappa shape index (κ1) is 13.6. The largest absolute Gasteiger partial charge is 0.459 e. The summed E-state index contributed by atoms with van der Waals surface area (Å²) in [5.41, 5.74) is 7.36. The molecule has 0 saturated heterocycles. The maximum Gasteiger partial charge on any atom is 0.291 e. The molecule has 1 aromatic heterocycles. The van der Waals surface area contributed by atoms with Crippen molar-refractivity contribution < 1.29 is 9.21 Å². The number of anilines is 1. The highest BCUT2D eigenvalue weighted by Crippen LogP contribution is 2.24. The number of aryl methyl sites for hydroxylation is 1. The van der Waals surface area contributed by atoms with E-state index in [4.69, 9.17) is 34.0 Å². The molecule has 19 heavy (non-hydrogen) atoms. The van der Waals surface area contributed by atoms with Gasteiger partial charge in [0.05, 0.1) is 17.0 Å². The van der Waals surface area contributed by atoms with E-state index < -0.39 is 0 Å². The summed E-state index contributed by atoms with van der Waals surface area (Å²) in [6, 6.07) is 6.65. The molecular weight excluding hydrogens is 284 g/mol. The molecular formula is C13H11ClN2O2S. The number of thiocarbonyl (C=S) groups is 1. The Morgan fingerprint density at radius 3 is 2.74 bits per heavy atom. The van der Waals surface area contributed by atoms with E-state index in [0.29, 0.717) is 16.3 Å². The fourth-order valence-electron chi connectivity index (χ4n) is 1.56. The Morgan fingerprint density at radius 2 is 2.16 bits per heavy atom. The molecule has 0 aliphatic carbocycles. The van der Waals surface area contributed by atoms with Crippen molar-refractivity contribution in [1.29, 1.82) is 0 Å². The fourth-order valence-corrected chi connectivity index (χ4v) is 1.85. The van der Waals surface area contributed by atoms with Crippen LogP contribution in [0, 0.1) is 6.92 Å². The number of rotatable bonds is 3. The molecule has 1 aromatic carbocycles. The van der Waals surface area contributed by atoms with Gasteiger partial charge in [0.1, 0.15) is 4.99 Å². The number of benzene rings is 1. The van der Waals surface area contributed by atoms with Crippen LogP contribution in [0.25, 0.3) is 0 Å². The Hall–Kier alpha value is -1.85. The average Bonchev–Trinajstić information content (AvgIpc) is 2.78. The number of nitrogens with one attached hydrogen (secondary N) is 1. The minimum Gasteiger partial charge on any atom is -0.459 e. The summed E-state index contributed by atoms with van der Waals surface area (Å²) in [6.45, 7) is 1.78. The second kappa shape index (κ2) is 5.42. The summed E-state index contributed by atoms with van der Waals surface area (Å²) in [4.78, 5) is 12.2. The lowest BCUT2D eigenvalue weighted by Crippen LogP contribution is -2.14. The molecule has 1 heterocycles. The molecule has 0 aliphatic heterocycles. The lowest BCUT2D eigenvalue weighted by Gasteiger charge is -2.08. The van der Waals surface area contributed by atoms with E-state index in [-0.39, 0.29) is 16.7 Å². The Kier molecular flexibility index (Phi) is 3.87. The quantitative estimate of drug-likeness (QED) is 0.854. The van der Waals surface area contributed by atoms with Crippen molar-refractivity contribution in [1.82, 2.24) is 0 Å². The third-order valence-corrected chi connectivity index (χ3v) is 3.13. The number of hydrogen-bond acceptors (Lipinski definition) is 3. The van der Waals surface area contributed by atoms with E-state index >= 15 is 0 Å². The molecule has 0 spiro atoms. The molecule has 0 fully saturated rings. The maximum absolute atomic E-state index is 12.0. The van der Waals surface area contributed by atoms with Crippen LogP contribution in [0.4, 0.5) is 5.69 Å². The van der Waals surface area contributed by atoms with Gasteiger partial charge in [-0.25, -0.2) is 0 Å². The Labute approximate surface area is 120 Å². The third-order valence-electron chi connectivity index (χ3n) is 2.57. The van der Waals surface area contributed by atoms with E-state index in [9.17, 15) is 4.79 Å². The first-order valence-corrected chi connectivity index (χ1v) is 6.22. The summed E-state index contributed by atoms with van der Waals surface area (Å²) in [5, 5.41) is 3.07.